The van der Waals surface area contributed by atoms with Crippen molar-refractivity contribution in [2.75, 3.05) is 0 Å². The maximum absolute atomic E-state index is 11.8. The van der Waals surface area contributed by atoms with Gasteiger partial charge in [-0.2, -0.15) is 5.10 Å². The first-order valence-electron chi connectivity index (χ1n) is 4.57. The highest BCUT2D eigenvalue weighted by molar-refractivity contribution is 9.10. The fourth-order valence-electron chi connectivity index (χ4n) is 1.22. The van der Waals surface area contributed by atoms with E-state index in [9.17, 15) is 4.79 Å². The Hall–Kier alpha value is -1.63. The number of H-pyrrole nitrogens is 1. The molecule has 2 aromatic heterocycles. The molecule has 0 saturated heterocycles. The highest BCUT2D eigenvalue weighted by atomic mass is 79.9. The molecule has 2 N–H and O–H groups in total. The highest BCUT2D eigenvalue weighted by Crippen LogP contribution is 2.18. The first-order valence-corrected chi connectivity index (χ1v) is 5.37. The van der Waals surface area contributed by atoms with Gasteiger partial charge >= 0.3 is 0 Å². The molecule has 0 saturated carbocycles. The molecule has 6 nitrogen and oxygen atoms in total. The van der Waals surface area contributed by atoms with E-state index in [-0.39, 0.29) is 11.9 Å². The number of nitrogens with zero attached hydrogens (tertiary/aromatic N) is 2. The molecule has 0 aromatic carbocycles. The van der Waals surface area contributed by atoms with Gasteiger partial charge < -0.3 is 9.73 Å². The summed E-state index contributed by atoms with van der Waals surface area (Å²) in [6.07, 6.45) is 2.84. The van der Waals surface area contributed by atoms with Crippen LogP contribution in [-0.2, 0) is 0 Å². The second-order valence-electron chi connectivity index (χ2n) is 3.17. The number of carbonyl (C=O) groups is 1. The van der Waals surface area contributed by atoms with Crippen LogP contribution in [-0.4, -0.2) is 21.1 Å². The maximum atomic E-state index is 11.8. The lowest BCUT2D eigenvalue weighted by molar-refractivity contribution is 0.0936. The first-order chi connectivity index (χ1) is 7.68. The lowest BCUT2D eigenvalue weighted by Crippen LogP contribution is -2.27. The van der Waals surface area contributed by atoms with Crippen LogP contribution in [0.3, 0.4) is 0 Å². The zero-order valence-corrected chi connectivity index (χ0v) is 9.98. The summed E-state index contributed by atoms with van der Waals surface area (Å²) >= 11 is 3.14. The summed E-state index contributed by atoms with van der Waals surface area (Å²) in [6, 6.07) is 1.35. The van der Waals surface area contributed by atoms with Gasteiger partial charge in [-0.05, 0) is 28.9 Å². The Labute approximate surface area is 99.6 Å². The van der Waals surface area contributed by atoms with Crippen molar-refractivity contribution < 1.29 is 9.21 Å². The number of aromatic nitrogens is 3. The van der Waals surface area contributed by atoms with Gasteiger partial charge in [0.25, 0.3) is 5.91 Å². The van der Waals surface area contributed by atoms with Crippen LogP contribution in [0.5, 0.6) is 0 Å². The van der Waals surface area contributed by atoms with Crippen molar-refractivity contribution in [2.24, 2.45) is 0 Å². The van der Waals surface area contributed by atoms with E-state index in [1.807, 2.05) is 6.92 Å². The molecule has 1 unspecified atom stereocenters. The number of amides is 1. The van der Waals surface area contributed by atoms with Crippen molar-refractivity contribution in [3.05, 3.63) is 34.7 Å². The highest BCUT2D eigenvalue weighted by Gasteiger charge is 2.16. The Bertz CT molecular complexity index is 479. The number of rotatable bonds is 3. The van der Waals surface area contributed by atoms with Crippen LogP contribution in [0.2, 0.25) is 0 Å². The molecule has 2 rings (SSSR count). The molecule has 0 spiro atoms. The molecule has 2 aromatic rings. The molecule has 1 amide bonds. The Morgan fingerprint density at radius 2 is 2.50 bits per heavy atom. The van der Waals surface area contributed by atoms with Gasteiger partial charge in [0, 0.05) is 0 Å². The van der Waals surface area contributed by atoms with Crippen LogP contribution in [0.15, 0.2) is 27.7 Å². The third kappa shape index (κ3) is 2.13. The number of carbonyl (C=O) groups excluding carboxylic acids is 1. The van der Waals surface area contributed by atoms with Gasteiger partial charge in [-0.15, -0.1) is 0 Å². The summed E-state index contributed by atoms with van der Waals surface area (Å²) in [5.74, 6) is 0.373. The van der Waals surface area contributed by atoms with Gasteiger partial charge in [0.05, 0.1) is 17.9 Å². The lowest BCUT2D eigenvalue weighted by Gasteiger charge is -2.09. The van der Waals surface area contributed by atoms with Crippen molar-refractivity contribution in [2.45, 2.75) is 13.0 Å². The predicted molar refractivity (Wildman–Crippen MR) is 58.7 cm³/mol. The molecule has 0 radical (unpaired) electrons. The molecule has 0 fully saturated rings. The first kappa shape index (κ1) is 10.9. The minimum atomic E-state index is -0.239. The van der Waals surface area contributed by atoms with E-state index in [0.29, 0.717) is 16.1 Å². The second-order valence-corrected chi connectivity index (χ2v) is 3.89. The third-order valence-electron chi connectivity index (χ3n) is 2.05. The maximum Gasteiger partial charge on any atom is 0.256 e. The van der Waals surface area contributed by atoms with Gasteiger partial charge in [-0.1, -0.05) is 0 Å². The van der Waals surface area contributed by atoms with Crippen LogP contribution >= 0.6 is 15.9 Å². The average Bonchev–Trinajstić information content (AvgIpc) is 2.86. The number of nitrogens with one attached hydrogen (secondary N) is 2. The Morgan fingerprint density at radius 1 is 1.69 bits per heavy atom. The van der Waals surface area contributed by atoms with Crippen LogP contribution in [0.25, 0.3) is 0 Å². The minimum Gasteiger partial charge on any atom is -0.457 e. The summed E-state index contributed by atoms with van der Waals surface area (Å²) < 4.78 is 5.39. The average molecular weight is 285 g/mol. The number of hydrogen-bond acceptors (Lipinski definition) is 4. The van der Waals surface area contributed by atoms with Gasteiger partial charge in [0.15, 0.2) is 4.67 Å². The quantitative estimate of drug-likeness (QED) is 0.898. The van der Waals surface area contributed by atoms with Crippen molar-refractivity contribution in [1.29, 1.82) is 0 Å². The molecule has 0 aliphatic rings. The monoisotopic (exact) mass is 284 g/mol. The Morgan fingerprint density at radius 3 is 3.06 bits per heavy atom. The molecule has 7 heteroatoms. The number of furan rings is 1. The van der Waals surface area contributed by atoms with E-state index in [2.05, 4.69) is 36.4 Å². The Balaban J connectivity index is 2.06. The fraction of sp³-hybridized carbons (Fsp3) is 0.222. The van der Waals surface area contributed by atoms with E-state index in [4.69, 9.17) is 4.42 Å². The minimum absolute atomic E-state index is 0.232. The number of hydrogen-bond donors (Lipinski definition) is 2. The third-order valence-corrected chi connectivity index (χ3v) is 2.67. The fourth-order valence-corrected chi connectivity index (χ4v) is 1.64. The standard InChI is InChI=1S/C9H9BrN4O2/c1-5(8-11-4-12-14-8)13-9(15)6-2-3-16-7(6)10/h2-5H,1H3,(H,13,15)(H,11,12,14). The predicted octanol–water partition coefficient (Wildman–Crippen LogP) is 1.65. The summed E-state index contributed by atoms with van der Waals surface area (Å²) in [7, 11) is 0. The largest absolute Gasteiger partial charge is 0.457 e. The normalized spacial score (nSPS) is 12.4. The molecule has 84 valence electrons. The smallest absolute Gasteiger partial charge is 0.256 e. The van der Waals surface area contributed by atoms with E-state index >= 15 is 0 Å². The summed E-state index contributed by atoms with van der Waals surface area (Å²) in [5, 5.41) is 9.17. The molecule has 0 aliphatic carbocycles. The Kier molecular flexibility index (Phi) is 3.04. The van der Waals surface area contributed by atoms with E-state index in [0.717, 1.165) is 0 Å². The van der Waals surface area contributed by atoms with Gasteiger partial charge in [0.2, 0.25) is 0 Å². The van der Waals surface area contributed by atoms with Crippen LogP contribution in [0.4, 0.5) is 0 Å². The number of aromatic amines is 1. The molecule has 16 heavy (non-hydrogen) atoms. The molecule has 2 heterocycles. The zero-order chi connectivity index (χ0) is 11.5. The zero-order valence-electron chi connectivity index (χ0n) is 8.40. The van der Waals surface area contributed by atoms with Crippen molar-refractivity contribution in [1.82, 2.24) is 20.5 Å². The van der Waals surface area contributed by atoms with E-state index in [1.54, 1.807) is 6.07 Å². The van der Waals surface area contributed by atoms with E-state index < -0.39 is 0 Å². The SMILES string of the molecule is CC(NC(=O)c1ccoc1Br)c1ncn[nH]1. The molecule has 1 atom stereocenters. The summed E-state index contributed by atoms with van der Waals surface area (Å²) in [6.45, 7) is 1.81. The van der Waals surface area contributed by atoms with Gasteiger partial charge in [-0.3, -0.25) is 9.89 Å². The van der Waals surface area contributed by atoms with Crippen LogP contribution < -0.4 is 5.32 Å². The number of halogens is 1. The van der Waals surface area contributed by atoms with E-state index in [1.165, 1.54) is 12.6 Å². The second kappa shape index (κ2) is 4.48. The van der Waals surface area contributed by atoms with Crippen molar-refractivity contribution in [3.63, 3.8) is 0 Å². The van der Waals surface area contributed by atoms with Gasteiger partial charge in [-0.25, -0.2) is 4.98 Å². The molecule has 0 aliphatic heterocycles. The topological polar surface area (TPSA) is 83.8 Å². The van der Waals surface area contributed by atoms with Crippen molar-refractivity contribution in [3.8, 4) is 0 Å². The summed E-state index contributed by atoms with van der Waals surface area (Å²) in [5.41, 5.74) is 0.450. The molecular formula is C9H9BrN4O2. The van der Waals surface area contributed by atoms with Crippen LogP contribution in [0, 0.1) is 0 Å². The van der Waals surface area contributed by atoms with Crippen LogP contribution in [0.1, 0.15) is 29.1 Å². The van der Waals surface area contributed by atoms with Gasteiger partial charge in [0.1, 0.15) is 12.2 Å². The molecular weight excluding hydrogens is 276 g/mol. The summed E-state index contributed by atoms with van der Waals surface area (Å²) in [4.78, 5) is 15.7. The molecule has 0 bridgehead atoms. The lowest BCUT2D eigenvalue weighted by atomic mass is 10.2. The van der Waals surface area contributed by atoms with Crippen molar-refractivity contribution >= 4 is 21.8 Å².